The average Bonchev–Trinajstić information content (AvgIpc) is 3.44. The van der Waals surface area contributed by atoms with E-state index in [-0.39, 0.29) is 52.2 Å². The van der Waals surface area contributed by atoms with E-state index in [1.165, 1.54) is 0 Å². The number of hydrogen-bond acceptors (Lipinski definition) is 11. The summed E-state index contributed by atoms with van der Waals surface area (Å²) in [6, 6.07) is 67.0. The number of carbonyl (C=O) groups is 1. The van der Waals surface area contributed by atoms with Crippen molar-refractivity contribution in [2.45, 2.75) is 101 Å². The molecule has 0 unspecified atom stereocenters. The second-order valence-corrected chi connectivity index (χ2v) is 18.1. The molecule has 0 bridgehead atoms. The SMILES string of the molecule is O=C(N[C@H]1[C@H](OC[C@H]2O[C@H](O)[C@H](OCc3ccccc3)[C@@H](OCc3ccccc3)[C@@H]2OCc2ccccc2)O[C@H](COCc2ccccc2)[C@@H](OCc2ccccc2)[C@@H]1OCc1ccccc1)c1ccccc1. The third kappa shape index (κ3) is 14.9. The molecule has 2 heterocycles. The molecule has 73 heavy (non-hydrogen) atoms. The number of rotatable bonds is 24. The molecule has 2 fully saturated rings. The van der Waals surface area contributed by atoms with Crippen molar-refractivity contribution in [3.05, 3.63) is 251 Å². The maximum absolute atomic E-state index is 14.4. The Kier molecular flexibility index (Phi) is 19.1. The Morgan fingerprint density at radius 1 is 0.384 bits per heavy atom. The molecule has 0 aromatic heterocycles. The highest BCUT2D eigenvalue weighted by Crippen LogP contribution is 2.33. The van der Waals surface area contributed by atoms with Crippen LogP contribution in [0.4, 0.5) is 0 Å². The quantitative estimate of drug-likeness (QED) is 0.0601. The molecule has 12 heteroatoms. The lowest BCUT2D eigenvalue weighted by molar-refractivity contribution is -0.333. The van der Waals surface area contributed by atoms with Crippen LogP contribution in [-0.4, -0.2) is 85.6 Å². The first-order chi connectivity index (χ1) is 36.0. The van der Waals surface area contributed by atoms with Gasteiger partial charge in [0.15, 0.2) is 12.6 Å². The summed E-state index contributed by atoms with van der Waals surface area (Å²) in [5, 5.41) is 15.2. The van der Waals surface area contributed by atoms with Gasteiger partial charge in [0.25, 0.3) is 5.91 Å². The number of aliphatic hydroxyl groups is 1. The van der Waals surface area contributed by atoms with Crippen LogP contribution in [0.2, 0.25) is 0 Å². The molecule has 9 rings (SSSR count). The molecule has 0 spiro atoms. The largest absolute Gasteiger partial charge is 0.374 e. The van der Waals surface area contributed by atoms with Gasteiger partial charge in [0, 0.05) is 5.56 Å². The fourth-order valence-electron chi connectivity index (χ4n) is 9.05. The fraction of sp³-hybridized carbons (Fsp3) is 0.295. The second kappa shape index (κ2) is 27.1. The van der Waals surface area contributed by atoms with Crippen molar-refractivity contribution in [2.24, 2.45) is 0 Å². The molecule has 2 aliphatic rings. The lowest BCUT2D eigenvalue weighted by atomic mass is 9.95. The zero-order valence-electron chi connectivity index (χ0n) is 40.7. The number of amides is 1. The van der Waals surface area contributed by atoms with Gasteiger partial charge < -0.3 is 53.1 Å². The summed E-state index contributed by atoms with van der Waals surface area (Å²) in [5.74, 6) is -0.363. The Morgan fingerprint density at radius 2 is 0.726 bits per heavy atom. The van der Waals surface area contributed by atoms with Crippen LogP contribution in [0.5, 0.6) is 0 Å². The van der Waals surface area contributed by atoms with Gasteiger partial charge in [-0.1, -0.05) is 200 Å². The highest BCUT2D eigenvalue weighted by Gasteiger charge is 2.52. The van der Waals surface area contributed by atoms with Crippen molar-refractivity contribution in [3.8, 4) is 0 Å². The molecule has 0 saturated carbocycles. The molecule has 378 valence electrons. The number of aliphatic hydroxyl groups excluding tert-OH is 1. The fourth-order valence-corrected chi connectivity index (χ4v) is 9.05. The smallest absolute Gasteiger partial charge is 0.251 e. The van der Waals surface area contributed by atoms with E-state index in [2.05, 4.69) is 5.32 Å². The van der Waals surface area contributed by atoms with E-state index in [0.717, 1.165) is 33.4 Å². The lowest BCUT2D eigenvalue weighted by Gasteiger charge is -2.47. The summed E-state index contributed by atoms with van der Waals surface area (Å²) in [4.78, 5) is 14.4. The zero-order chi connectivity index (χ0) is 49.9. The van der Waals surface area contributed by atoms with E-state index in [9.17, 15) is 9.90 Å². The summed E-state index contributed by atoms with van der Waals surface area (Å²) in [6.07, 6.45) is -8.58. The summed E-state index contributed by atoms with van der Waals surface area (Å²) in [6.45, 7) is 1.25. The van der Waals surface area contributed by atoms with Crippen LogP contribution in [0.15, 0.2) is 212 Å². The summed E-state index contributed by atoms with van der Waals surface area (Å²) >= 11 is 0. The molecule has 2 aliphatic heterocycles. The number of carbonyl (C=O) groups excluding carboxylic acids is 1. The third-order valence-electron chi connectivity index (χ3n) is 12.8. The normalized spacial score (nSPS) is 23.9. The van der Waals surface area contributed by atoms with Crippen LogP contribution in [0.25, 0.3) is 0 Å². The van der Waals surface area contributed by atoms with Crippen LogP contribution in [0.1, 0.15) is 43.7 Å². The zero-order valence-corrected chi connectivity index (χ0v) is 40.7. The molecule has 10 atom stereocenters. The summed E-state index contributed by atoms with van der Waals surface area (Å²) < 4.78 is 60.7. The molecular weight excluding hydrogens is 923 g/mol. The number of ether oxygens (including phenoxy) is 9. The van der Waals surface area contributed by atoms with Crippen molar-refractivity contribution >= 4 is 5.91 Å². The molecule has 1 amide bonds. The van der Waals surface area contributed by atoms with Gasteiger partial charge in [0.05, 0.1) is 52.9 Å². The first kappa shape index (κ1) is 51.5. The average molecular weight is 986 g/mol. The third-order valence-corrected chi connectivity index (χ3v) is 12.8. The standard InChI is InChI=1S/C61H63NO11/c63-59(50-34-20-7-21-35-50)62-53-56(68-39-47-28-14-4-15-29-47)54(66-37-45-24-10-2-11-25-45)51(42-65-36-44-22-8-1-9-23-44)73-61(53)71-43-52-55(67-38-46-26-12-3-13-27-46)57(69-40-48-30-16-5-17-31-48)58(60(64)72-52)70-41-49-32-18-6-19-33-49/h1-35,51-58,60-61,64H,36-43H2,(H,62,63)/t51-,52-,53-,54-,55-,56-,57+,58-,60+,61-/m1/s1. The topological polar surface area (TPSA) is 132 Å². The first-order valence-electron chi connectivity index (χ1n) is 24.9. The van der Waals surface area contributed by atoms with E-state index >= 15 is 0 Å². The minimum absolute atomic E-state index is 0.0933. The van der Waals surface area contributed by atoms with E-state index in [4.69, 9.17) is 42.6 Å². The van der Waals surface area contributed by atoms with Crippen LogP contribution < -0.4 is 5.32 Å². The van der Waals surface area contributed by atoms with Gasteiger partial charge in [-0.3, -0.25) is 4.79 Å². The molecule has 0 radical (unpaired) electrons. The van der Waals surface area contributed by atoms with Gasteiger partial charge in [0.1, 0.15) is 48.8 Å². The monoisotopic (exact) mass is 985 g/mol. The van der Waals surface area contributed by atoms with Gasteiger partial charge in [-0.05, 0) is 45.5 Å². The predicted octanol–water partition coefficient (Wildman–Crippen LogP) is 9.39. The van der Waals surface area contributed by atoms with E-state index in [0.29, 0.717) is 12.2 Å². The number of nitrogens with one attached hydrogen (secondary N) is 1. The molecule has 2 saturated heterocycles. The van der Waals surface area contributed by atoms with Crippen LogP contribution in [-0.2, 0) is 82.3 Å². The van der Waals surface area contributed by atoms with E-state index < -0.39 is 61.3 Å². The maximum atomic E-state index is 14.4. The molecular formula is C61H63NO11. The van der Waals surface area contributed by atoms with Crippen LogP contribution in [0.3, 0.4) is 0 Å². The molecule has 2 N–H and O–H groups in total. The minimum atomic E-state index is -1.45. The van der Waals surface area contributed by atoms with Gasteiger partial charge in [0.2, 0.25) is 0 Å². The first-order valence-corrected chi connectivity index (χ1v) is 24.9. The second-order valence-electron chi connectivity index (χ2n) is 18.1. The van der Waals surface area contributed by atoms with Crippen LogP contribution in [0, 0.1) is 0 Å². The predicted molar refractivity (Wildman–Crippen MR) is 274 cm³/mol. The Morgan fingerprint density at radius 3 is 1.16 bits per heavy atom. The van der Waals surface area contributed by atoms with Gasteiger partial charge in [-0.2, -0.15) is 0 Å². The Bertz CT molecular complexity index is 2640. The maximum Gasteiger partial charge on any atom is 0.251 e. The highest BCUT2D eigenvalue weighted by atomic mass is 16.7. The summed E-state index contributed by atoms with van der Waals surface area (Å²) in [7, 11) is 0. The highest BCUT2D eigenvalue weighted by molar-refractivity contribution is 5.94. The Labute approximate surface area is 427 Å². The van der Waals surface area contributed by atoms with Crippen molar-refractivity contribution in [3.63, 3.8) is 0 Å². The minimum Gasteiger partial charge on any atom is -0.374 e. The van der Waals surface area contributed by atoms with Gasteiger partial charge >= 0.3 is 0 Å². The van der Waals surface area contributed by atoms with Crippen molar-refractivity contribution in [1.82, 2.24) is 5.32 Å². The number of hydrogen-bond donors (Lipinski definition) is 2. The van der Waals surface area contributed by atoms with Crippen molar-refractivity contribution in [2.75, 3.05) is 13.2 Å². The van der Waals surface area contributed by atoms with Crippen molar-refractivity contribution < 1.29 is 52.5 Å². The molecule has 7 aromatic carbocycles. The molecule has 7 aromatic rings. The lowest BCUT2D eigenvalue weighted by Crippen LogP contribution is -2.67. The van der Waals surface area contributed by atoms with E-state index in [1.807, 2.05) is 200 Å². The van der Waals surface area contributed by atoms with E-state index in [1.54, 1.807) is 12.1 Å². The number of benzene rings is 7. The van der Waals surface area contributed by atoms with Gasteiger partial charge in [-0.25, -0.2) is 0 Å². The van der Waals surface area contributed by atoms with Crippen molar-refractivity contribution in [1.29, 1.82) is 0 Å². The molecule has 0 aliphatic carbocycles. The summed E-state index contributed by atoms with van der Waals surface area (Å²) in [5.41, 5.74) is 6.06. The van der Waals surface area contributed by atoms with Gasteiger partial charge in [-0.15, -0.1) is 0 Å². The van der Waals surface area contributed by atoms with Crippen LogP contribution >= 0.6 is 0 Å². The Hall–Kier alpha value is -6.39. The molecule has 12 nitrogen and oxygen atoms in total. The Balaban J connectivity index is 1.05.